The minimum absolute atomic E-state index is 0.121. The van der Waals surface area contributed by atoms with Crippen LogP contribution < -0.4 is 5.73 Å². The van der Waals surface area contributed by atoms with Crippen molar-refractivity contribution in [1.82, 2.24) is 9.80 Å². The highest BCUT2D eigenvalue weighted by atomic mass is 16.1. The van der Waals surface area contributed by atoms with Gasteiger partial charge >= 0.3 is 0 Å². The molecule has 16 heavy (non-hydrogen) atoms. The Morgan fingerprint density at radius 3 is 3.00 bits per heavy atom. The molecule has 4 fully saturated rings. The molecule has 3 saturated heterocycles. The van der Waals surface area contributed by atoms with Gasteiger partial charge in [-0.1, -0.05) is 0 Å². The van der Waals surface area contributed by atoms with Crippen LogP contribution in [0, 0.1) is 5.41 Å². The van der Waals surface area contributed by atoms with E-state index in [2.05, 4.69) is 14.8 Å². The fourth-order valence-corrected chi connectivity index (χ4v) is 3.94. The van der Waals surface area contributed by atoms with Crippen molar-refractivity contribution in [2.45, 2.75) is 18.4 Å². The molecule has 1 aliphatic carbocycles. The average molecular weight is 218 g/mol. The molecule has 5 heteroatoms. The number of carbonyl (C=O) groups excluding carboxylic acids is 1. The lowest BCUT2D eigenvalue weighted by Gasteiger charge is -2.43. The van der Waals surface area contributed by atoms with Gasteiger partial charge in [0.25, 0.3) is 0 Å². The highest BCUT2D eigenvalue weighted by molar-refractivity contribution is 5.84. The molecular weight excluding hydrogens is 204 g/mol. The summed E-state index contributed by atoms with van der Waals surface area (Å²) in [5, 5.41) is 0. The fraction of sp³-hybridized carbons (Fsp3) is 0.636. The van der Waals surface area contributed by atoms with Crippen LogP contribution in [0.1, 0.15) is 12.8 Å². The summed E-state index contributed by atoms with van der Waals surface area (Å²) in [6.07, 6.45) is 5.78. The lowest BCUT2D eigenvalue weighted by Crippen LogP contribution is -2.54. The third kappa shape index (κ3) is 0.730. The zero-order valence-electron chi connectivity index (χ0n) is 9.02. The second kappa shape index (κ2) is 2.26. The van der Waals surface area contributed by atoms with Gasteiger partial charge in [-0.05, 0) is 18.9 Å². The van der Waals surface area contributed by atoms with Crippen LogP contribution in [0.2, 0.25) is 0 Å². The zero-order valence-corrected chi connectivity index (χ0v) is 9.02. The Labute approximate surface area is 93.6 Å². The number of hydrogen-bond donors (Lipinski definition) is 1. The highest BCUT2D eigenvalue weighted by Crippen LogP contribution is 2.63. The van der Waals surface area contributed by atoms with E-state index in [1.165, 1.54) is 5.82 Å². The van der Waals surface area contributed by atoms with Gasteiger partial charge < -0.3 is 15.5 Å². The van der Waals surface area contributed by atoms with Crippen molar-refractivity contribution in [1.29, 1.82) is 0 Å². The Hall–Kier alpha value is -1.52. The molecule has 1 saturated carbocycles. The molecule has 0 aromatic rings. The monoisotopic (exact) mass is 218 g/mol. The van der Waals surface area contributed by atoms with Gasteiger partial charge in [0.2, 0.25) is 5.91 Å². The van der Waals surface area contributed by atoms with Crippen molar-refractivity contribution < 1.29 is 4.79 Å². The van der Waals surface area contributed by atoms with Crippen LogP contribution in [-0.4, -0.2) is 47.2 Å². The third-order valence-electron chi connectivity index (χ3n) is 4.56. The maximum Gasteiger partial charge on any atom is 0.225 e. The molecule has 4 aliphatic heterocycles. The summed E-state index contributed by atoms with van der Waals surface area (Å²) in [6, 6.07) is 0. The summed E-state index contributed by atoms with van der Waals surface area (Å²) < 4.78 is 0. The summed E-state index contributed by atoms with van der Waals surface area (Å²) in [7, 11) is 0. The van der Waals surface area contributed by atoms with Crippen LogP contribution in [-0.2, 0) is 4.79 Å². The minimum atomic E-state index is -0.235. The van der Waals surface area contributed by atoms with E-state index in [0.717, 1.165) is 32.6 Å². The van der Waals surface area contributed by atoms with Crippen LogP contribution in [0.5, 0.6) is 0 Å². The van der Waals surface area contributed by atoms with Gasteiger partial charge in [0.05, 0.1) is 11.0 Å². The summed E-state index contributed by atoms with van der Waals surface area (Å²) in [6.45, 7) is 2.57. The van der Waals surface area contributed by atoms with E-state index in [-0.39, 0.29) is 16.9 Å². The smallest absolute Gasteiger partial charge is 0.225 e. The van der Waals surface area contributed by atoms with Gasteiger partial charge in [0.15, 0.2) is 0 Å². The quantitative estimate of drug-likeness (QED) is 0.645. The highest BCUT2D eigenvalue weighted by Gasteiger charge is 2.71. The first-order valence-electron chi connectivity index (χ1n) is 5.68. The summed E-state index contributed by atoms with van der Waals surface area (Å²) in [5.41, 5.74) is 5.47. The van der Waals surface area contributed by atoms with E-state index in [4.69, 9.17) is 5.73 Å². The van der Waals surface area contributed by atoms with E-state index in [0.29, 0.717) is 0 Å². The number of hydrogen-bond acceptors (Lipinski definition) is 4. The normalized spacial score (nSPS) is 42.6. The van der Waals surface area contributed by atoms with Gasteiger partial charge in [0.1, 0.15) is 12.5 Å². The maximum absolute atomic E-state index is 11.5. The average Bonchev–Trinajstić information content (AvgIpc) is 2.75. The Kier molecular flexibility index (Phi) is 1.22. The molecule has 4 heterocycles. The molecule has 5 aliphatic rings. The molecule has 0 aromatic heterocycles. The summed E-state index contributed by atoms with van der Waals surface area (Å²) >= 11 is 0. The molecular formula is C11H14N4O. The van der Waals surface area contributed by atoms with Crippen LogP contribution in [0.3, 0.4) is 0 Å². The van der Waals surface area contributed by atoms with E-state index in [9.17, 15) is 4.79 Å². The first kappa shape index (κ1) is 8.61. The first-order valence-corrected chi connectivity index (χ1v) is 5.68. The predicted octanol–water partition coefficient (Wildman–Crippen LogP) is -0.495. The Balaban J connectivity index is 1.73. The molecule has 5 rings (SSSR count). The third-order valence-corrected chi connectivity index (χ3v) is 4.56. The molecule has 84 valence electrons. The van der Waals surface area contributed by atoms with Crippen LogP contribution in [0.25, 0.3) is 0 Å². The van der Waals surface area contributed by atoms with Crippen molar-refractivity contribution in [2.24, 2.45) is 16.1 Å². The molecule has 0 unspecified atom stereocenters. The van der Waals surface area contributed by atoms with E-state index in [1.54, 1.807) is 0 Å². The van der Waals surface area contributed by atoms with Gasteiger partial charge in [-0.2, -0.15) is 0 Å². The largest absolute Gasteiger partial charge is 0.369 e. The van der Waals surface area contributed by atoms with Gasteiger partial charge in [-0.3, -0.25) is 9.79 Å². The van der Waals surface area contributed by atoms with E-state index < -0.39 is 0 Å². The Morgan fingerprint density at radius 2 is 2.25 bits per heavy atom. The molecule has 1 spiro atoms. The second-order valence-electron chi connectivity index (χ2n) is 5.50. The Bertz CT molecular complexity index is 441. The molecule has 0 atom stereocenters. The van der Waals surface area contributed by atoms with Crippen LogP contribution in [0.4, 0.5) is 0 Å². The van der Waals surface area contributed by atoms with Crippen molar-refractivity contribution in [3.63, 3.8) is 0 Å². The lowest BCUT2D eigenvalue weighted by atomic mass is 9.61. The van der Waals surface area contributed by atoms with Gasteiger partial charge in [0, 0.05) is 19.3 Å². The van der Waals surface area contributed by atoms with Gasteiger partial charge in [-0.15, -0.1) is 0 Å². The SMILES string of the molecule is NC(=O)C12CN3C4=CC=NCN4CC3(C1)C2. The number of allylic oxidation sites excluding steroid dienone is 1. The molecule has 0 aromatic carbocycles. The van der Waals surface area contributed by atoms with E-state index in [1.807, 2.05) is 12.3 Å². The van der Waals surface area contributed by atoms with Crippen molar-refractivity contribution in [3.8, 4) is 0 Å². The van der Waals surface area contributed by atoms with Crippen LogP contribution in [0.15, 0.2) is 16.9 Å². The molecule has 2 N–H and O–H groups in total. The number of carbonyl (C=O) groups is 1. The number of nitrogens with two attached hydrogens (primary N) is 1. The topological polar surface area (TPSA) is 61.9 Å². The summed E-state index contributed by atoms with van der Waals surface area (Å²) in [5.74, 6) is 1.11. The Morgan fingerprint density at radius 1 is 1.44 bits per heavy atom. The maximum atomic E-state index is 11.5. The molecule has 0 radical (unpaired) electrons. The van der Waals surface area contributed by atoms with Crippen molar-refractivity contribution >= 4 is 12.1 Å². The van der Waals surface area contributed by atoms with Crippen molar-refractivity contribution in [2.75, 3.05) is 19.8 Å². The number of nitrogens with zero attached hydrogens (tertiary/aromatic N) is 3. The van der Waals surface area contributed by atoms with Crippen LogP contribution >= 0.6 is 0 Å². The predicted molar refractivity (Wildman–Crippen MR) is 58.4 cm³/mol. The number of fused-ring (bicyclic) bond motifs is 1. The number of rotatable bonds is 1. The fourth-order valence-electron chi connectivity index (χ4n) is 3.94. The zero-order chi connectivity index (χ0) is 11.0. The standard InChI is InChI=1S/C11H14N4O/c12-9(16)10-3-11(4-10)6-14-7-13-2-1-8(14)15(11)5-10/h1-2H,3-7H2,(H2,12,16). The number of aliphatic imine (C=N–C) groups is 1. The molecule has 5 nitrogen and oxygen atoms in total. The van der Waals surface area contributed by atoms with Crippen molar-refractivity contribution in [3.05, 3.63) is 11.9 Å². The number of amides is 1. The molecule has 2 bridgehead atoms. The first-order chi connectivity index (χ1) is 7.65. The second-order valence-corrected chi connectivity index (χ2v) is 5.50. The lowest BCUT2D eigenvalue weighted by molar-refractivity contribution is -0.131. The summed E-state index contributed by atoms with van der Waals surface area (Å²) in [4.78, 5) is 20.4. The minimum Gasteiger partial charge on any atom is -0.369 e. The molecule has 1 amide bonds. The van der Waals surface area contributed by atoms with E-state index >= 15 is 0 Å². The van der Waals surface area contributed by atoms with Gasteiger partial charge in [-0.25, -0.2) is 0 Å². The number of primary amides is 1.